The van der Waals surface area contributed by atoms with Crippen molar-refractivity contribution >= 4 is 25.5 Å². The van der Waals surface area contributed by atoms with Gasteiger partial charge < -0.3 is 14.7 Å². The monoisotopic (exact) mass is 418 g/mol. The molecular formula is C13H24O9P2S. The second kappa shape index (κ2) is 6.99. The van der Waals surface area contributed by atoms with Crippen molar-refractivity contribution in [2.45, 2.75) is 32.1 Å². The molecule has 4 aliphatic rings. The van der Waals surface area contributed by atoms with E-state index in [2.05, 4.69) is 8.83 Å². The van der Waals surface area contributed by atoms with Gasteiger partial charge in [-0.1, -0.05) is 0 Å². The molecule has 0 heterocycles. The van der Waals surface area contributed by atoms with Crippen molar-refractivity contribution in [3.8, 4) is 0 Å². The van der Waals surface area contributed by atoms with Gasteiger partial charge in [-0.3, -0.25) is 4.52 Å². The third kappa shape index (κ3) is 5.36. The summed E-state index contributed by atoms with van der Waals surface area (Å²) >= 11 is 0. The minimum atomic E-state index is -5.20. The molecule has 3 N–H and O–H groups in total. The van der Waals surface area contributed by atoms with Gasteiger partial charge in [0.2, 0.25) is 0 Å². The molecule has 0 aromatic heterocycles. The van der Waals surface area contributed by atoms with E-state index in [4.69, 9.17) is 14.7 Å². The summed E-state index contributed by atoms with van der Waals surface area (Å²) < 4.78 is 54.6. The Morgan fingerprint density at radius 3 is 1.92 bits per heavy atom. The van der Waals surface area contributed by atoms with Crippen LogP contribution in [0.15, 0.2) is 0 Å². The maximum Gasteiger partial charge on any atom is 0.481 e. The van der Waals surface area contributed by atoms with E-state index in [0.29, 0.717) is 11.8 Å². The smallest absolute Gasteiger partial charge is 0.302 e. The van der Waals surface area contributed by atoms with Crippen LogP contribution in [-0.2, 0) is 27.8 Å². The van der Waals surface area contributed by atoms with E-state index >= 15 is 0 Å². The molecule has 0 amide bonds. The van der Waals surface area contributed by atoms with E-state index in [1.54, 1.807) is 0 Å². The normalized spacial score (nSPS) is 37.2. The van der Waals surface area contributed by atoms with Gasteiger partial charge in [-0.15, -0.1) is 0 Å². The minimum absolute atomic E-state index is 0.0419. The van der Waals surface area contributed by atoms with Gasteiger partial charge in [0.15, 0.2) is 9.84 Å². The molecule has 4 bridgehead atoms. The van der Waals surface area contributed by atoms with Crippen LogP contribution in [0.1, 0.15) is 32.1 Å². The summed E-state index contributed by atoms with van der Waals surface area (Å²) in [5, 5.41) is 0. The zero-order chi connectivity index (χ0) is 18.5. The van der Waals surface area contributed by atoms with Crippen LogP contribution in [0.5, 0.6) is 0 Å². The van der Waals surface area contributed by atoms with Crippen molar-refractivity contribution < 1.29 is 41.1 Å². The first-order valence-corrected chi connectivity index (χ1v) is 13.2. The quantitative estimate of drug-likeness (QED) is 0.501. The first-order chi connectivity index (χ1) is 11.4. The average molecular weight is 418 g/mol. The molecule has 0 aliphatic heterocycles. The number of phosphoric acid groups is 2. The maximum absolute atomic E-state index is 12.3. The SMILES string of the molecule is O=P(O)(O)OP(=O)(O)OCCS(=O)(=O)CC1C2CC3CC(C2)CC1C3. The number of rotatable bonds is 8. The Bertz CT molecular complexity index is 672. The standard InChI is InChI=1S/C13H24O9P2S/c14-23(15,16)22-24(17,18)21-1-2-25(19,20)8-13-11-4-9-3-10(6-11)7-12(13)5-9/h9-13H,1-8H2,(H,17,18)(H2,14,15,16). The minimum Gasteiger partial charge on any atom is -0.302 e. The summed E-state index contributed by atoms with van der Waals surface area (Å²) in [6.45, 7) is -0.649. The zero-order valence-corrected chi connectivity index (χ0v) is 16.2. The Hall–Kier alpha value is 0.210. The predicted octanol–water partition coefficient (Wildman–Crippen LogP) is 1.70. The van der Waals surface area contributed by atoms with E-state index in [1.807, 2.05) is 0 Å². The largest absolute Gasteiger partial charge is 0.481 e. The molecule has 146 valence electrons. The van der Waals surface area contributed by atoms with Crippen LogP contribution in [-0.4, -0.2) is 41.2 Å². The molecule has 12 heteroatoms. The van der Waals surface area contributed by atoms with E-state index in [-0.39, 0.29) is 11.7 Å². The molecule has 0 aromatic rings. The van der Waals surface area contributed by atoms with Crippen LogP contribution >= 0.6 is 15.6 Å². The molecule has 4 fully saturated rings. The summed E-state index contributed by atoms with van der Waals surface area (Å²) in [5.41, 5.74) is 0. The fraction of sp³-hybridized carbons (Fsp3) is 1.00. The second-order valence-electron chi connectivity index (χ2n) is 7.58. The number of phosphoric ester groups is 1. The number of sulfone groups is 1. The third-order valence-corrected chi connectivity index (χ3v) is 9.59. The maximum atomic E-state index is 12.3. The zero-order valence-electron chi connectivity index (χ0n) is 13.6. The van der Waals surface area contributed by atoms with Crippen LogP contribution in [0.2, 0.25) is 0 Å². The van der Waals surface area contributed by atoms with Gasteiger partial charge >= 0.3 is 15.6 Å². The topological polar surface area (TPSA) is 147 Å². The lowest BCUT2D eigenvalue weighted by molar-refractivity contribution is -0.0268. The van der Waals surface area contributed by atoms with Crippen LogP contribution in [0.4, 0.5) is 0 Å². The van der Waals surface area contributed by atoms with Gasteiger partial charge in [-0.05, 0) is 61.7 Å². The Balaban J connectivity index is 1.51. The van der Waals surface area contributed by atoms with Crippen molar-refractivity contribution in [3.63, 3.8) is 0 Å². The first-order valence-electron chi connectivity index (χ1n) is 8.37. The molecule has 4 aliphatic carbocycles. The highest BCUT2D eigenvalue weighted by molar-refractivity contribution is 7.91. The lowest BCUT2D eigenvalue weighted by Crippen LogP contribution is -2.47. The third-order valence-electron chi connectivity index (χ3n) is 5.73. The van der Waals surface area contributed by atoms with E-state index in [1.165, 1.54) is 6.42 Å². The second-order valence-corrected chi connectivity index (χ2v) is 12.6. The van der Waals surface area contributed by atoms with Crippen LogP contribution in [0.3, 0.4) is 0 Å². The molecule has 0 spiro atoms. The predicted molar refractivity (Wildman–Crippen MR) is 88.1 cm³/mol. The molecule has 1 atom stereocenters. The van der Waals surface area contributed by atoms with Gasteiger partial charge in [0.25, 0.3) is 0 Å². The van der Waals surface area contributed by atoms with Crippen molar-refractivity contribution in [2.75, 3.05) is 18.1 Å². The molecule has 1 unspecified atom stereocenters. The molecule has 0 radical (unpaired) electrons. The van der Waals surface area contributed by atoms with Gasteiger partial charge in [-0.2, -0.15) is 4.31 Å². The average Bonchev–Trinajstić information content (AvgIpc) is 2.38. The summed E-state index contributed by atoms with van der Waals surface area (Å²) in [4.78, 5) is 26.2. The Labute approximate surface area is 146 Å². The highest BCUT2D eigenvalue weighted by Crippen LogP contribution is 2.58. The van der Waals surface area contributed by atoms with Gasteiger partial charge in [0.05, 0.1) is 18.1 Å². The van der Waals surface area contributed by atoms with Crippen molar-refractivity contribution in [3.05, 3.63) is 0 Å². The van der Waals surface area contributed by atoms with E-state index in [9.17, 15) is 17.5 Å². The van der Waals surface area contributed by atoms with E-state index in [0.717, 1.165) is 37.5 Å². The van der Waals surface area contributed by atoms with Crippen LogP contribution in [0.25, 0.3) is 0 Å². The fourth-order valence-electron chi connectivity index (χ4n) is 5.12. The molecule has 4 saturated carbocycles. The van der Waals surface area contributed by atoms with Crippen LogP contribution in [0, 0.1) is 29.6 Å². The molecule has 0 aromatic carbocycles. The van der Waals surface area contributed by atoms with Crippen molar-refractivity contribution in [1.82, 2.24) is 0 Å². The Morgan fingerprint density at radius 1 is 0.920 bits per heavy atom. The summed E-state index contributed by atoms with van der Waals surface area (Å²) in [6, 6.07) is 0. The van der Waals surface area contributed by atoms with Gasteiger partial charge in [0, 0.05) is 0 Å². The summed E-state index contributed by atoms with van der Waals surface area (Å²) in [6.07, 6.45) is 5.69. The van der Waals surface area contributed by atoms with Crippen molar-refractivity contribution in [2.24, 2.45) is 29.6 Å². The molecule has 0 saturated heterocycles. The lowest BCUT2D eigenvalue weighted by atomic mass is 9.52. The van der Waals surface area contributed by atoms with E-state index < -0.39 is 37.8 Å². The highest BCUT2D eigenvalue weighted by atomic mass is 32.2. The number of hydrogen-bond donors (Lipinski definition) is 3. The summed E-state index contributed by atoms with van der Waals surface area (Å²) in [7, 11) is -13.7. The summed E-state index contributed by atoms with van der Waals surface area (Å²) in [5.74, 6) is 2.10. The molecule has 4 rings (SSSR count). The number of hydrogen-bond acceptors (Lipinski definition) is 6. The molecule has 25 heavy (non-hydrogen) atoms. The van der Waals surface area contributed by atoms with Gasteiger partial charge in [0.1, 0.15) is 0 Å². The molecule has 9 nitrogen and oxygen atoms in total. The first kappa shape index (κ1) is 20.0. The Morgan fingerprint density at radius 2 is 1.44 bits per heavy atom. The highest BCUT2D eigenvalue weighted by Gasteiger charge is 2.49. The lowest BCUT2D eigenvalue weighted by Gasteiger charge is -2.54. The van der Waals surface area contributed by atoms with Crippen LogP contribution < -0.4 is 0 Å². The van der Waals surface area contributed by atoms with Crippen molar-refractivity contribution in [1.29, 1.82) is 0 Å². The van der Waals surface area contributed by atoms with Gasteiger partial charge in [-0.25, -0.2) is 17.5 Å². The molecular weight excluding hydrogens is 394 g/mol. The fourth-order valence-corrected chi connectivity index (χ4v) is 8.47. The Kier molecular flexibility index (Phi) is 5.58.